The zero-order valence-electron chi connectivity index (χ0n) is 19.7. The number of carbonyl (C=O) groups excluding carboxylic acids is 1. The van der Waals surface area contributed by atoms with E-state index >= 15 is 0 Å². The number of nitrogens with one attached hydrogen (secondary N) is 1. The second-order valence-corrected chi connectivity index (χ2v) is 10.3. The molecule has 0 saturated carbocycles. The highest BCUT2D eigenvalue weighted by Gasteiger charge is 2.31. The van der Waals surface area contributed by atoms with Crippen LogP contribution in [0.5, 0.6) is 11.6 Å². The van der Waals surface area contributed by atoms with Crippen molar-refractivity contribution in [3.63, 3.8) is 0 Å². The number of hydrogen-bond donors (Lipinski definition) is 1. The molecule has 36 heavy (non-hydrogen) atoms. The van der Waals surface area contributed by atoms with Gasteiger partial charge in [-0.3, -0.25) is 4.79 Å². The predicted octanol–water partition coefficient (Wildman–Crippen LogP) is 3.91. The van der Waals surface area contributed by atoms with Crippen LogP contribution in [0.15, 0.2) is 54.7 Å². The molecule has 1 N–H and O–H groups in total. The summed E-state index contributed by atoms with van der Waals surface area (Å²) in [4.78, 5) is 17.9. The van der Waals surface area contributed by atoms with Gasteiger partial charge in [-0.1, -0.05) is 24.3 Å². The molecule has 0 saturated heterocycles. The van der Waals surface area contributed by atoms with Crippen molar-refractivity contribution in [3.05, 3.63) is 77.4 Å². The molecule has 0 fully saturated rings. The van der Waals surface area contributed by atoms with E-state index in [9.17, 15) is 17.6 Å². The number of benzene rings is 2. The number of hydrogen-bond acceptors (Lipinski definition) is 6. The second kappa shape index (κ2) is 9.27. The van der Waals surface area contributed by atoms with E-state index in [-0.39, 0.29) is 18.1 Å². The van der Waals surface area contributed by atoms with Crippen LogP contribution in [0.2, 0.25) is 0 Å². The molecule has 1 amide bonds. The molecule has 3 heterocycles. The van der Waals surface area contributed by atoms with E-state index in [0.717, 1.165) is 24.7 Å². The average Bonchev–Trinajstić information content (AvgIpc) is 3.19. The third-order valence-corrected chi connectivity index (χ3v) is 6.67. The lowest BCUT2D eigenvalue weighted by Gasteiger charge is -2.19. The number of halogens is 1. The number of rotatable bonds is 6. The van der Waals surface area contributed by atoms with E-state index in [4.69, 9.17) is 9.47 Å². The van der Waals surface area contributed by atoms with Gasteiger partial charge in [-0.2, -0.15) is 0 Å². The minimum absolute atomic E-state index is 0.0168. The fraction of sp³-hybridized carbons (Fsp3) is 0.231. The Morgan fingerprint density at radius 2 is 2.00 bits per heavy atom. The molecule has 186 valence electrons. The van der Waals surface area contributed by atoms with Gasteiger partial charge in [-0.25, -0.2) is 22.5 Å². The summed E-state index contributed by atoms with van der Waals surface area (Å²) >= 11 is 0. The molecule has 0 atom stereocenters. The highest BCUT2D eigenvalue weighted by Crippen LogP contribution is 2.45. The van der Waals surface area contributed by atoms with Crippen LogP contribution in [0.4, 0.5) is 4.39 Å². The number of aryl methyl sites for hydroxylation is 1. The third kappa shape index (κ3) is 4.28. The summed E-state index contributed by atoms with van der Waals surface area (Å²) in [5, 5.41) is 0.619. The maximum atomic E-state index is 14.7. The van der Waals surface area contributed by atoms with Crippen LogP contribution in [0, 0.1) is 5.82 Å². The van der Waals surface area contributed by atoms with Gasteiger partial charge in [0.2, 0.25) is 15.9 Å². The van der Waals surface area contributed by atoms with Gasteiger partial charge in [-0.15, -0.1) is 0 Å². The maximum absolute atomic E-state index is 14.7. The highest BCUT2D eigenvalue weighted by molar-refractivity contribution is 7.89. The first-order valence-electron chi connectivity index (χ1n) is 11.3. The van der Waals surface area contributed by atoms with Gasteiger partial charge in [-0.05, 0) is 42.7 Å². The topological polar surface area (TPSA) is 99.5 Å². The summed E-state index contributed by atoms with van der Waals surface area (Å²) in [6, 6.07) is 13.5. The van der Waals surface area contributed by atoms with Crippen molar-refractivity contribution in [1.29, 1.82) is 0 Å². The molecule has 10 heteroatoms. The largest absolute Gasteiger partial charge is 0.493 e. The number of sulfonamides is 1. The van der Waals surface area contributed by atoms with Gasteiger partial charge < -0.3 is 14.0 Å². The van der Waals surface area contributed by atoms with Gasteiger partial charge in [0, 0.05) is 22.9 Å². The van der Waals surface area contributed by atoms with Gasteiger partial charge in [0.15, 0.2) is 0 Å². The van der Waals surface area contributed by atoms with E-state index in [1.807, 2.05) is 12.1 Å². The van der Waals surface area contributed by atoms with Crippen molar-refractivity contribution in [2.75, 3.05) is 20.0 Å². The van der Waals surface area contributed by atoms with Crippen molar-refractivity contribution < 1.29 is 27.1 Å². The Hall–Kier alpha value is -3.92. The highest BCUT2D eigenvalue weighted by atomic mass is 32.2. The lowest BCUT2D eigenvalue weighted by Crippen LogP contribution is -2.31. The monoisotopic (exact) mass is 509 g/mol. The summed E-state index contributed by atoms with van der Waals surface area (Å²) < 4.78 is 54.2. The quantitative estimate of drug-likeness (QED) is 0.423. The molecule has 4 aromatic rings. The number of nitrogens with zero attached hydrogens (tertiary/aromatic N) is 2. The van der Waals surface area contributed by atoms with Gasteiger partial charge >= 0.3 is 0 Å². The van der Waals surface area contributed by atoms with E-state index < -0.39 is 21.7 Å². The fourth-order valence-electron chi connectivity index (χ4n) is 4.67. The first kappa shape index (κ1) is 23.8. The van der Waals surface area contributed by atoms with Gasteiger partial charge in [0.25, 0.3) is 5.91 Å². The Kier molecular flexibility index (Phi) is 6.13. The molecule has 1 aliphatic heterocycles. The number of methoxy groups -OCH3 is 1. The van der Waals surface area contributed by atoms with Crippen LogP contribution in [0.1, 0.15) is 28.0 Å². The second-order valence-electron chi connectivity index (χ2n) is 8.56. The number of fused-ring (bicyclic) bond motifs is 3. The molecule has 1 aliphatic rings. The maximum Gasteiger partial charge on any atom is 0.282 e. The van der Waals surface area contributed by atoms with Crippen LogP contribution >= 0.6 is 0 Å². The van der Waals surface area contributed by atoms with Crippen LogP contribution in [-0.4, -0.2) is 43.8 Å². The number of carbonyl (C=O) groups is 1. The van der Waals surface area contributed by atoms with E-state index in [1.54, 1.807) is 41.1 Å². The third-order valence-electron chi connectivity index (χ3n) is 6.11. The first-order chi connectivity index (χ1) is 17.3. The summed E-state index contributed by atoms with van der Waals surface area (Å²) in [5.41, 5.74) is 2.83. The van der Waals surface area contributed by atoms with E-state index in [2.05, 4.69) is 9.71 Å². The molecule has 0 radical (unpaired) electrons. The lowest BCUT2D eigenvalue weighted by molar-refractivity contribution is 0.0974. The minimum Gasteiger partial charge on any atom is -0.493 e. The Balaban J connectivity index is 1.91. The average molecular weight is 510 g/mol. The summed E-state index contributed by atoms with van der Waals surface area (Å²) in [6.45, 7) is 0.482. The molecule has 0 bridgehead atoms. The standard InChI is InChI=1S/C26H24FN3O5S/c1-34-26-18(9-5-13-28-26)21-22-20(12-11-16-8-6-14-35-24(16)22)30(15-17-7-3-4-10-19(17)27)23(21)25(31)29-36(2,32)33/h3-5,7,9-13H,6,8,14-15H2,1-2H3,(H,29,31). The van der Waals surface area contributed by atoms with E-state index in [0.29, 0.717) is 39.9 Å². The summed E-state index contributed by atoms with van der Waals surface area (Å²) in [6.07, 6.45) is 4.10. The zero-order chi connectivity index (χ0) is 25.4. The smallest absolute Gasteiger partial charge is 0.282 e. The summed E-state index contributed by atoms with van der Waals surface area (Å²) in [5.74, 6) is -0.427. The normalized spacial score (nSPS) is 13.2. The molecular weight excluding hydrogens is 485 g/mol. The van der Waals surface area contributed by atoms with Crippen molar-refractivity contribution in [1.82, 2.24) is 14.3 Å². The molecular formula is C26H24FN3O5S. The Morgan fingerprint density at radius 1 is 1.19 bits per heavy atom. The van der Waals surface area contributed by atoms with E-state index in [1.165, 1.54) is 13.2 Å². The Bertz CT molecular complexity index is 1600. The lowest BCUT2D eigenvalue weighted by atomic mass is 9.97. The van der Waals surface area contributed by atoms with Gasteiger partial charge in [0.05, 0.1) is 37.4 Å². The Labute approximate surface area is 207 Å². The zero-order valence-corrected chi connectivity index (χ0v) is 20.6. The molecule has 8 nitrogen and oxygen atoms in total. The van der Waals surface area contributed by atoms with Crippen molar-refractivity contribution in [2.24, 2.45) is 0 Å². The number of pyridine rings is 1. The van der Waals surface area contributed by atoms with Crippen molar-refractivity contribution in [2.45, 2.75) is 19.4 Å². The Morgan fingerprint density at radius 3 is 2.75 bits per heavy atom. The fourth-order valence-corrected chi connectivity index (χ4v) is 5.11. The summed E-state index contributed by atoms with van der Waals surface area (Å²) in [7, 11) is -2.44. The number of aromatic nitrogens is 2. The van der Waals surface area contributed by atoms with Crippen LogP contribution in [0.25, 0.3) is 22.0 Å². The predicted molar refractivity (Wildman–Crippen MR) is 133 cm³/mol. The van der Waals surface area contributed by atoms with Crippen molar-refractivity contribution >= 4 is 26.8 Å². The SMILES string of the molecule is COc1ncccc1-c1c(C(=O)NS(C)(=O)=O)n(Cc2ccccc2F)c2ccc3c(c12)OCCC3. The van der Waals surface area contributed by atoms with Crippen LogP contribution in [-0.2, 0) is 23.0 Å². The molecule has 0 unspecified atom stereocenters. The molecule has 5 rings (SSSR count). The van der Waals surface area contributed by atoms with Crippen LogP contribution < -0.4 is 14.2 Å². The molecule has 0 spiro atoms. The van der Waals surface area contributed by atoms with Crippen molar-refractivity contribution in [3.8, 4) is 22.8 Å². The number of ether oxygens (including phenoxy) is 2. The minimum atomic E-state index is -3.90. The molecule has 0 aliphatic carbocycles. The first-order valence-corrected chi connectivity index (χ1v) is 13.2. The number of amides is 1. The van der Waals surface area contributed by atoms with Crippen LogP contribution in [0.3, 0.4) is 0 Å². The molecule has 2 aromatic carbocycles. The molecule has 2 aromatic heterocycles. The van der Waals surface area contributed by atoms with Gasteiger partial charge in [0.1, 0.15) is 17.3 Å².